The number of methoxy groups -OCH3 is 2. The van der Waals surface area contributed by atoms with Crippen LogP contribution in [0, 0.1) is 0 Å². The average Bonchev–Trinajstić information content (AvgIpc) is 2.88. The van der Waals surface area contributed by atoms with Crippen LogP contribution in [0.25, 0.3) is 5.76 Å². The predicted octanol–water partition coefficient (Wildman–Crippen LogP) is 2.34. The first-order valence-corrected chi connectivity index (χ1v) is 10.2. The third kappa shape index (κ3) is 5.64. The van der Waals surface area contributed by atoms with Crippen LogP contribution >= 0.6 is 0 Å². The number of rotatable bonds is 7. The fourth-order valence-corrected chi connectivity index (χ4v) is 3.17. The van der Waals surface area contributed by atoms with Crippen molar-refractivity contribution in [3.63, 3.8) is 0 Å². The largest absolute Gasteiger partial charge is 0.506 e. The molecule has 9 nitrogen and oxygen atoms in total. The van der Waals surface area contributed by atoms with Crippen molar-refractivity contribution in [2.45, 2.75) is 0 Å². The number of aliphatic hydroxyl groups excluding tert-OH is 1. The Kier molecular flexibility index (Phi) is 7.93. The van der Waals surface area contributed by atoms with Crippen LogP contribution in [0.1, 0.15) is 5.56 Å². The summed E-state index contributed by atoms with van der Waals surface area (Å²) in [6, 6.07) is 14.5. The first-order valence-electron chi connectivity index (χ1n) is 10.2. The number of hydrogen-bond acceptors (Lipinski definition) is 8. The van der Waals surface area contributed by atoms with Gasteiger partial charge in [0, 0.05) is 18.7 Å². The van der Waals surface area contributed by atoms with Gasteiger partial charge in [-0.15, -0.1) is 0 Å². The molecular weight excluding hydrogens is 428 g/mol. The Morgan fingerprint density at radius 3 is 2.18 bits per heavy atom. The van der Waals surface area contributed by atoms with E-state index in [2.05, 4.69) is 4.99 Å². The van der Waals surface area contributed by atoms with Gasteiger partial charge in [0.1, 0.15) is 17.1 Å². The van der Waals surface area contributed by atoms with Crippen molar-refractivity contribution in [3.05, 3.63) is 65.7 Å². The second-order valence-corrected chi connectivity index (χ2v) is 6.97. The van der Waals surface area contributed by atoms with Gasteiger partial charge in [-0.05, 0) is 36.4 Å². The monoisotopic (exact) mass is 452 g/mol. The molecule has 1 N–H and O–H groups in total. The van der Waals surface area contributed by atoms with Crippen molar-refractivity contribution in [2.24, 2.45) is 4.99 Å². The summed E-state index contributed by atoms with van der Waals surface area (Å²) in [5, 5.41) is 11.1. The number of nitrogens with zero attached hydrogens (tertiary/aromatic N) is 2. The van der Waals surface area contributed by atoms with Crippen LogP contribution < -0.4 is 4.74 Å². The number of benzene rings is 2. The summed E-state index contributed by atoms with van der Waals surface area (Å²) in [6.45, 7) is 0.990. The minimum absolute atomic E-state index is 0.193. The Bertz CT molecular complexity index is 1070. The maximum Gasteiger partial charge on any atom is 0.357 e. The summed E-state index contributed by atoms with van der Waals surface area (Å²) < 4.78 is 15.2. The number of hydrogen-bond donors (Lipinski definition) is 1. The number of ether oxygens (including phenoxy) is 3. The van der Waals surface area contributed by atoms with Crippen molar-refractivity contribution in [1.29, 1.82) is 0 Å². The molecule has 172 valence electrons. The van der Waals surface area contributed by atoms with Gasteiger partial charge >= 0.3 is 5.97 Å². The maximum atomic E-state index is 13.4. The maximum absolute atomic E-state index is 13.4. The molecule has 0 radical (unpaired) electrons. The summed E-state index contributed by atoms with van der Waals surface area (Å²) in [5.74, 6) is -2.99. The van der Waals surface area contributed by atoms with Gasteiger partial charge in [0.2, 0.25) is 0 Å². The van der Waals surface area contributed by atoms with Crippen molar-refractivity contribution in [2.75, 3.05) is 40.5 Å². The number of carbonyl (C=O) groups is 3. The molecule has 0 unspecified atom stereocenters. The quantitative estimate of drug-likeness (QED) is 0.225. The van der Waals surface area contributed by atoms with E-state index in [9.17, 15) is 19.5 Å². The molecule has 0 saturated carbocycles. The van der Waals surface area contributed by atoms with E-state index < -0.39 is 34.7 Å². The Morgan fingerprint density at radius 2 is 1.61 bits per heavy atom. The van der Waals surface area contributed by atoms with Gasteiger partial charge in [0.05, 0.1) is 33.1 Å². The standard InChI is InChI=1S/C24H24N2O7/c1-31-18-10-8-16(9-11-18)21(27)19(22(28)23(29)26-12-14-33-15-13-26)20(24(30)32-2)25-17-6-4-3-5-7-17/h3-11,27H,12-15H2,1-2H3/b21-19-,25-20?. The second-order valence-electron chi connectivity index (χ2n) is 6.97. The van der Waals surface area contributed by atoms with Gasteiger partial charge in [0.25, 0.3) is 11.7 Å². The molecular formula is C24H24N2O7. The van der Waals surface area contributed by atoms with Crippen molar-refractivity contribution in [3.8, 4) is 5.75 Å². The Morgan fingerprint density at radius 1 is 0.970 bits per heavy atom. The summed E-state index contributed by atoms with van der Waals surface area (Å²) in [6.07, 6.45) is 0. The molecule has 1 fully saturated rings. The average molecular weight is 452 g/mol. The van der Waals surface area contributed by atoms with E-state index in [0.29, 0.717) is 11.4 Å². The molecule has 0 spiro atoms. The normalized spacial score (nSPS) is 14.8. The molecule has 0 atom stereocenters. The van der Waals surface area contributed by atoms with E-state index in [0.717, 1.165) is 7.11 Å². The summed E-state index contributed by atoms with van der Waals surface area (Å²) >= 11 is 0. The van der Waals surface area contributed by atoms with E-state index in [-0.39, 0.29) is 31.9 Å². The van der Waals surface area contributed by atoms with Gasteiger partial charge in [-0.2, -0.15) is 0 Å². The molecule has 0 bridgehead atoms. The Labute approximate surface area is 190 Å². The van der Waals surface area contributed by atoms with Gasteiger partial charge in [-0.1, -0.05) is 18.2 Å². The highest BCUT2D eigenvalue weighted by atomic mass is 16.5. The molecule has 3 rings (SSSR count). The zero-order valence-electron chi connectivity index (χ0n) is 18.3. The summed E-state index contributed by atoms with van der Waals surface area (Å²) in [4.78, 5) is 44.6. The molecule has 0 aromatic heterocycles. The van der Waals surface area contributed by atoms with Crippen LogP contribution in [0.5, 0.6) is 5.75 Å². The predicted molar refractivity (Wildman–Crippen MR) is 121 cm³/mol. The molecule has 9 heteroatoms. The SMILES string of the molecule is COC(=O)C(=Nc1ccccc1)/C(C(=O)C(=O)N1CCOCC1)=C(/O)c1ccc(OC)cc1. The van der Waals surface area contributed by atoms with Crippen LogP contribution in [0.2, 0.25) is 0 Å². The third-order valence-corrected chi connectivity index (χ3v) is 4.93. The minimum atomic E-state index is -1.08. The number of para-hydroxylation sites is 1. The fraction of sp³-hybridized carbons (Fsp3) is 0.250. The first-order chi connectivity index (χ1) is 16.0. The number of carbonyl (C=O) groups excluding carboxylic acids is 3. The van der Waals surface area contributed by atoms with E-state index in [1.165, 1.54) is 24.1 Å². The molecule has 33 heavy (non-hydrogen) atoms. The van der Waals surface area contributed by atoms with Gasteiger partial charge in [0.15, 0.2) is 5.71 Å². The number of ketones is 1. The molecule has 2 aromatic carbocycles. The number of amides is 1. The number of aliphatic imine (C=N–C) groups is 1. The van der Waals surface area contributed by atoms with Crippen LogP contribution in [-0.4, -0.2) is 73.9 Å². The number of aliphatic hydroxyl groups is 1. The van der Waals surface area contributed by atoms with E-state index in [1.807, 2.05) is 0 Å². The lowest BCUT2D eigenvalue weighted by Crippen LogP contribution is -2.45. The molecule has 1 aliphatic rings. The first kappa shape index (κ1) is 23.7. The Balaban J connectivity index is 2.17. The van der Waals surface area contributed by atoms with Crippen molar-refractivity contribution >= 4 is 34.8 Å². The van der Waals surface area contributed by atoms with E-state index in [1.54, 1.807) is 42.5 Å². The van der Waals surface area contributed by atoms with E-state index in [4.69, 9.17) is 14.2 Å². The zero-order valence-corrected chi connectivity index (χ0v) is 18.3. The number of esters is 1. The molecule has 1 heterocycles. The van der Waals surface area contributed by atoms with Gasteiger partial charge in [-0.25, -0.2) is 9.79 Å². The molecule has 1 amide bonds. The molecule has 1 aliphatic heterocycles. The lowest BCUT2D eigenvalue weighted by molar-refractivity contribution is -0.145. The smallest absolute Gasteiger partial charge is 0.357 e. The van der Waals surface area contributed by atoms with Crippen LogP contribution in [0.3, 0.4) is 0 Å². The topological polar surface area (TPSA) is 115 Å². The van der Waals surface area contributed by atoms with Crippen molar-refractivity contribution in [1.82, 2.24) is 4.90 Å². The number of Topliss-reactive ketones (excluding diaryl/α,β-unsaturated/α-hetero) is 1. The highest BCUT2D eigenvalue weighted by Gasteiger charge is 2.35. The summed E-state index contributed by atoms with van der Waals surface area (Å²) in [7, 11) is 2.61. The third-order valence-electron chi connectivity index (χ3n) is 4.93. The van der Waals surface area contributed by atoms with Crippen molar-refractivity contribution < 1.29 is 33.7 Å². The molecule has 1 saturated heterocycles. The molecule has 0 aliphatic carbocycles. The van der Waals surface area contributed by atoms with Gasteiger partial charge < -0.3 is 24.2 Å². The number of morpholine rings is 1. The lowest BCUT2D eigenvalue weighted by Gasteiger charge is -2.26. The summed E-state index contributed by atoms with van der Waals surface area (Å²) in [5.41, 5.74) is -0.501. The zero-order chi connectivity index (χ0) is 23.8. The highest BCUT2D eigenvalue weighted by Crippen LogP contribution is 2.24. The van der Waals surface area contributed by atoms with Crippen LogP contribution in [0.4, 0.5) is 5.69 Å². The highest BCUT2D eigenvalue weighted by molar-refractivity contribution is 6.60. The molecule has 2 aromatic rings. The fourth-order valence-electron chi connectivity index (χ4n) is 3.17. The minimum Gasteiger partial charge on any atom is -0.506 e. The van der Waals surface area contributed by atoms with E-state index >= 15 is 0 Å². The lowest BCUT2D eigenvalue weighted by atomic mass is 9.98. The van der Waals surface area contributed by atoms with Crippen LogP contribution in [-0.2, 0) is 23.9 Å². The van der Waals surface area contributed by atoms with Crippen LogP contribution in [0.15, 0.2) is 65.2 Å². The second kappa shape index (κ2) is 11.1. The van der Waals surface area contributed by atoms with Gasteiger partial charge in [-0.3, -0.25) is 9.59 Å². The Hall–Kier alpha value is -3.98.